The van der Waals surface area contributed by atoms with Crippen LogP contribution in [0.15, 0.2) is 23.1 Å². The number of halogens is 1. The predicted octanol–water partition coefficient (Wildman–Crippen LogP) is 2.68. The Balaban J connectivity index is 3.07. The summed E-state index contributed by atoms with van der Waals surface area (Å²) in [7, 11) is 0. The van der Waals surface area contributed by atoms with Crippen LogP contribution in [0.1, 0.15) is 12.5 Å². The van der Waals surface area contributed by atoms with Crippen LogP contribution in [-0.4, -0.2) is 0 Å². The van der Waals surface area contributed by atoms with E-state index in [2.05, 4.69) is 12.6 Å². The van der Waals surface area contributed by atoms with E-state index in [1.807, 2.05) is 6.92 Å². The smallest absolute Gasteiger partial charge is 0.124 e. The van der Waals surface area contributed by atoms with Crippen LogP contribution < -0.4 is 0 Å². The average Bonchev–Trinajstić information content (AvgIpc) is 1.88. The van der Waals surface area contributed by atoms with Crippen LogP contribution >= 0.6 is 12.6 Å². The first kappa shape index (κ1) is 7.61. The van der Waals surface area contributed by atoms with Crippen LogP contribution in [0.4, 0.5) is 4.39 Å². The molecule has 0 aliphatic carbocycles. The molecule has 0 aliphatic rings. The zero-order valence-electron chi connectivity index (χ0n) is 5.76. The fourth-order valence-electron chi connectivity index (χ4n) is 0.836. The molecule has 0 bridgehead atoms. The Bertz CT molecular complexity index is 233. The zero-order valence-corrected chi connectivity index (χ0v) is 6.66. The quantitative estimate of drug-likeness (QED) is 0.594. The Morgan fingerprint density at radius 3 is 2.70 bits per heavy atom. The lowest BCUT2D eigenvalue weighted by Crippen LogP contribution is -1.83. The van der Waals surface area contributed by atoms with Gasteiger partial charge in [0.2, 0.25) is 0 Å². The molecule has 10 heavy (non-hydrogen) atoms. The molecule has 0 saturated carbocycles. The molecule has 0 atom stereocenters. The minimum absolute atomic E-state index is 0.220. The van der Waals surface area contributed by atoms with Gasteiger partial charge in [-0.2, -0.15) is 0 Å². The van der Waals surface area contributed by atoms with Gasteiger partial charge in [-0.3, -0.25) is 0 Å². The van der Waals surface area contributed by atoms with E-state index in [0.29, 0.717) is 0 Å². The first-order valence-corrected chi connectivity index (χ1v) is 3.66. The van der Waals surface area contributed by atoms with Gasteiger partial charge in [0, 0.05) is 4.90 Å². The van der Waals surface area contributed by atoms with Gasteiger partial charge < -0.3 is 0 Å². The van der Waals surface area contributed by atoms with Crippen molar-refractivity contribution in [3.05, 3.63) is 29.6 Å². The maximum absolute atomic E-state index is 12.4. The molecule has 1 rings (SSSR count). The monoisotopic (exact) mass is 156 g/mol. The van der Waals surface area contributed by atoms with E-state index in [9.17, 15) is 4.39 Å². The summed E-state index contributed by atoms with van der Waals surface area (Å²) in [6.45, 7) is 2.02. The molecule has 0 radical (unpaired) electrons. The number of hydrogen-bond donors (Lipinski definition) is 1. The second kappa shape index (κ2) is 3.06. The lowest BCUT2D eigenvalue weighted by atomic mass is 10.2. The Hall–Kier alpha value is -0.500. The normalized spacial score (nSPS) is 9.90. The Labute approximate surface area is 65.5 Å². The topological polar surface area (TPSA) is 0 Å². The molecule has 0 N–H and O–H groups in total. The highest BCUT2D eigenvalue weighted by Gasteiger charge is 1.96. The van der Waals surface area contributed by atoms with Gasteiger partial charge in [0.05, 0.1) is 0 Å². The summed E-state index contributed by atoms with van der Waals surface area (Å²) < 4.78 is 12.4. The van der Waals surface area contributed by atoms with Gasteiger partial charge in [0.1, 0.15) is 5.82 Å². The van der Waals surface area contributed by atoms with Crippen LogP contribution in [0, 0.1) is 5.82 Å². The fraction of sp³-hybridized carbons (Fsp3) is 0.250. The van der Waals surface area contributed by atoms with Gasteiger partial charge in [-0.05, 0) is 24.1 Å². The molecular weight excluding hydrogens is 147 g/mol. The third kappa shape index (κ3) is 1.51. The third-order valence-corrected chi connectivity index (χ3v) is 1.84. The summed E-state index contributed by atoms with van der Waals surface area (Å²) in [5.74, 6) is -0.220. The van der Waals surface area contributed by atoms with Crippen molar-refractivity contribution in [2.45, 2.75) is 18.2 Å². The second-order valence-electron chi connectivity index (χ2n) is 2.13. The molecule has 0 heterocycles. The lowest BCUT2D eigenvalue weighted by molar-refractivity contribution is 0.623. The van der Waals surface area contributed by atoms with Crippen molar-refractivity contribution in [1.82, 2.24) is 0 Å². The molecular formula is C8H9FS. The highest BCUT2D eigenvalue weighted by molar-refractivity contribution is 7.80. The summed E-state index contributed by atoms with van der Waals surface area (Å²) >= 11 is 4.11. The molecule has 0 saturated heterocycles. The Morgan fingerprint density at radius 2 is 2.20 bits per heavy atom. The van der Waals surface area contributed by atoms with Crippen LogP contribution in [0.25, 0.3) is 0 Å². The van der Waals surface area contributed by atoms with Gasteiger partial charge in [-0.25, -0.2) is 4.39 Å². The lowest BCUT2D eigenvalue weighted by Gasteiger charge is -1.99. The highest BCUT2D eigenvalue weighted by Crippen LogP contribution is 2.15. The van der Waals surface area contributed by atoms with Gasteiger partial charge >= 0.3 is 0 Å². The standard InChI is InChI=1S/C8H9FS/c1-2-6-3-4-7(9)5-8(6)10/h3-5,10H,2H2,1H3. The van der Waals surface area contributed by atoms with Crippen molar-refractivity contribution in [2.24, 2.45) is 0 Å². The molecule has 54 valence electrons. The largest absolute Gasteiger partial charge is 0.207 e. The Kier molecular flexibility index (Phi) is 2.33. The summed E-state index contributed by atoms with van der Waals surface area (Å²) in [4.78, 5) is 0.738. The van der Waals surface area contributed by atoms with E-state index in [4.69, 9.17) is 0 Å². The SMILES string of the molecule is CCc1ccc(F)cc1S. The molecule has 1 aromatic carbocycles. The third-order valence-electron chi connectivity index (χ3n) is 1.43. The van der Waals surface area contributed by atoms with Crippen molar-refractivity contribution < 1.29 is 4.39 Å². The minimum atomic E-state index is -0.220. The van der Waals surface area contributed by atoms with Crippen LogP contribution in [0.2, 0.25) is 0 Å². The van der Waals surface area contributed by atoms with Crippen molar-refractivity contribution in [1.29, 1.82) is 0 Å². The van der Waals surface area contributed by atoms with Crippen molar-refractivity contribution in [3.8, 4) is 0 Å². The zero-order chi connectivity index (χ0) is 7.56. The summed E-state index contributed by atoms with van der Waals surface area (Å²) in [5.41, 5.74) is 1.09. The molecule has 0 nitrogen and oxygen atoms in total. The number of benzene rings is 1. The molecule has 0 fully saturated rings. The first-order valence-electron chi connectivity index (χ1n) is 3.21. The van der Waals surface area contributed by atoms with E-state index >= 15 is 0 Å². The van der Waals surface area contributed by atoms with Gasteiger partial charge in [0.15, 0.2) is 0 Å². The summed E-state index contributed by atoms with van der Waals surface area (Å²) in [6, 6.07) is 4.65. The molecule has 2 heteroatoms. The summed E-state index contributed by atoms with van der Waals surface area (Å²) in [5, 5.41) is 0. The molecule has 0 spiro atoms. The van der Waals surface area contributed by atoms with Gasteiger partial charge in [-0.15, -0.1) is 12.6 Å². The van der Waals surface area contributed by atoms with E-state index < -0.39 is 0 Å². The molecule has 0 aromatic heterocycles. The van der Waals surface area contributed by atoms with E-state index in [1.165, 1.54) is 12.1 Å². The molecule has 0 aliphatic heterocycles. The maximum atomic E-state index is 12.4. The van der Waals surface area contributed by atoms with Crippen LogP contribution in [-0.2, 0) is 6.42 Å². The predicted molar refractivity (Wildman–Crippen MR) is 43.0 cm³/mol. The van der Waals surface area contributed by atoms with Crippen molar-refractivity contribution in [2.75, 3.05) is 0 Å². The van der Waals surface area contributed by atoms with E-state index in [1.54, 1.807) is 6.07 Å². The number of thiol groups is 1. The Morgan fingerprint density at radius 1 is 1.50 bits per heavy atom. The number of rotatable bonds is 1. The van der Waals surface area contributed by atoms with E-state index in [-0.39, 0.29) is 5.82 Å². The van der Waals surface area contributed by atoms with Crippen LogP contribution in [0.3, 0.4) is 0 Å². The number of aryl methyl sites for hydroxylation is 1. The first-order chi connectivity index (χ1) is 4.74. The van der Waals surface area contributed by atoms with Gasteiger partial charge in [0.25, 0.3) is 0 Å². The highest BCUT2D eigenvalue weighted by atomic mass is 32.1. The molecule has 0 amide bonds. The minimum Gasteiger partial charge on any atom is -0.207 e. The number of hydrogen-bond acceptors (Lipinski definition) is 1. The molecule has 1 aromatic rings. The second-order valence-corrected chi connectivity index (χ2v) is 2.61. The summed E-state index contributed by atoms with van der Waals surface area (Å²) in [6.07, 6.45) is 0.902. The maximum Gasteiger partial charge on any atom is 0.124 e. The molecule has 0 unspecified atom stereocenters. The fourth-order valence-corrected chi connectivity index (χ4v) is 1.19. The van der Waals surface area contributed by atoms with Crippen LogP contribution in [0.5, 0.6) is 0 Å². The van der Waals surface area contributed by atoms with Crippen molar-refractivity contribution >= 4 is 12.6 Å². The van der Waals surface area contributed by atoms with Crippen molar-refractivity contribution in [3.63, 3.8) is 0 Å². The average molecular weight is 156 g/mol. The van der Waals surface area contributed by atoms with Gasteiger partial charge in [-0.1, -0.05) is 13.0 Å². The van der Waals surface area contributed by atoms with E-state index in [0.717, 1.165) is 16.9 Å².